The highest BCUT2D eigenvalue weighted by atomic mass is 19.1. The van der Waals surface area contributed by atoms with E-state index in [1.165, 1.54) is 12.3 Å². The molecule has 22 heavy (non-hydrogen) atoms. The number of nitrogens with zero attached hydrogens (tertiary/aromatic N) is 3. The van der Waals surface area contributed by atoms with Crippen LogP contribution < -0.4 is 10.3 Å². The van der Waals surface area contributed by atoms with E-state index in [4.69, 9.17) is 10.00 Å². The first-order valence-electron chi connectivity index (χ1n) is 7.25. The molecule has 0 atom stereocenters. The van der Waals surface area contributed by atoms with Gasteiger partial charge in [0.1, 0.15) is 17.4 Å². The van der Waals surface area contributed by atoms with Gasteiger partial charge >= 0.3 is 0 Å². The minimum absolute atomic E-state index is 0.0351. The van der Waals surface area contributed by atoms with Crippen LogP contribution in [0.2, 0.25) is 0 Å². The molecule has 1 saturated heterocycles. The molecule has 0 unspecified atom stereocenters. The summed E-state index contributed by atoms with van der Waals surface area (Å²) < 4.78 is 21.5. The van der Waals surface area contributed by atoms with Crippen molar-refractivity contribution in [2.45, 2.75) is 13.5 Å². The highest BCUT2D eigenvalue weighted by Crippen LogP contribution is 2.25. The lowest BCUT2D eigenvalue weighted by Gasteiger charge is -2.29. The molecule has 0 N–H and O–H groups in total. The van der Waals surface area contributed by atoms with Crippen LogP contribution in [-0.2, 0) is 11.3 Å². The molecule has 1 fully saturated rings. The number of nitriles is 1. The first-order chi connectivity index (χ1) is 10.7. The molecule has 0 spiro atoms. The summed E-state index contributed by atoms with van der Waals surface area (Å²) in [6.45, 7) is 4.88. The molecule has 1 aromatic carbocycles. The first-order valence-corrected chi connectivity index (χ1v) is 7.25. The van der Waals surface area contributed by atoms with Crippen molar-refractivity contribution < 1.29 is 9.13 Å². The van der Waals surface area contributed by atoms with Crippen molar-refractivity contribution in [1.82, 2.24) is 4.57 Å². The third-order valence-corrected chi connectivity index (χ3v) is 3.96. The van der Waals surface area contributed by atoms with Gasteiger partial charge in [-0.2, -0.15) is 5.26 Å². The van der Waals surface area contributed by atoms with E-state index in [1.807, 2.05) is 17.9 Å². The molecule has 5 nitrogen and oxygen atoms in total. The van der Waals surface area contributed by atoms with Gasteiger partial charge in [-0.3, -0.25) is 4.79 Å². The Morgan fingerprint density at radius 3 is 2.73 bits per heavy atom. The van der Waals surface area contributed by atoms with E-state index < -0.39 is 11.2 Å². The third-order valence-electron chi connectivity index (χ3n) is 3.96. The predicted octanol–water partition coefficient (Wildman–Crippen LogP) is 1.87. The molecule has 2 heterocycles. The molecule has 0 saturated carbocycles. The van der Waals surface area contributed by atoms with Crippen LogP contribution in [-0.4, -0.2) is 30.9 Å². The summed E-state index contributed by atoms with van der Waals surface area (Å²) in [5.74, 6) is -0.441. The van der Waals surface area contributed by atoms with Gasteiger partial charge in [0.25, 0.3) is 0 Å². The van der Waals surface area contributed by atoms with Crippen LogP contribution in [0.15, 0.2) is 23.1 Å². The van der Waals surface area contributed by atoms with Gasteiger partial charge in [-0.15, -0.1) is 0 Å². The van der Waals surface area contributed by atoms with Crippen LogP contribution in [0.3, 0.4) is 0 Å². The Morgan fingerprint density at radius 1 is 1.36 bits per heavy atom. The molecule has 3 rings (SSSR count). The highest BCUT2D eigenvalue weighted by molar-refractivity contribution is 5.84. The van der Waals surface area contributed by atoms with E-state index in [-0.39, 0.29) is 10.9 Å². The Labute approximate surface area is 127 Å². The number of fused-ring (bicyclic) bond motifs is 1. The van der Waals surface area contributed by atoms with E-state index in [9.17, 15) is 9.18 Å². The maximum Gasteiger partial charge on any atom is 0.207 e. The SMILES string of the molecule is CCn1cc(C#N)c(=O)c2cc(F)c(N3CCOCC3)cc21. The summed E-state index contributed by atoms with van der Waals surface area (Å²) in [4.78, 5) is 14.1. The number of anilines is 1. The van der Waals surface area contributed by atoms with E-state index in [1.54, 1.807) is 10.6 Å². The zero-order valence-corrected chi connectivity index (χ0v) is 12.3. The lowest BCUT2D eigenvalue weighted by Crippen LogP contribution is -2.36. The first kappa shape index (κ1) is 14.5. The molecule has 6 heteroatoms. The number of benzene rings is 1. The van der Waals surface area contributed by atoms with Crippen LogP contribution in [0.4, 0.5) is 10.1 Å². The van der Waals surface area contributed by atoms with Gasteiger partial charge in [0.15, 0.2) is 0 Å². The minimum atomic E-state index is -0.441. The molecule has 0 bridgehead atoms. The fourth-order valence-electron chi connectivity index (χ4n) is 2.79. The molecular formula is C16H16FN3O2. The molecule has 0 aliphatic carbocycles. The van der Waals surface area contributed by atoms with Crippen molar-refractivity contribution >= 4 is 16.6 Å². The monoisotopic (exact) mass is 301 g/mol. The fourth-order valence-corrected chi connectivity index (χ4v) is 2.79. The van der Waals surface area contributed by atoms with Crippen molar-refractivity contribution in [1.29, 1.82) is 5.26 Å². The lowest BCUT2D eigenvalue weighted by molar-refractivity contribution is 0.122. The molecule has 0 amide bonds. The molecule has 2 aromatic rings. The number of aryl methyl sites for hydroxylation is 1. The van der Waals surface area contributed by atoms with E-state index >= 15 is 0 Å². The number of aromatic nitrogens is 1. The quantitative estimate of drug-likeness (QED) is 0.849. The summed E-state index contributed by atoms with van der Waals surface area (Å²) in [5, 5.41) is 9.29. The Balaban J connectivity index is 2.24. The fraction of sp³-hybridized carbons (Fsp3) is 0.375. The number of halogens is 1. The number of ether oxygens (including phenoxy) is 1. The number of rotatable bonds is 2. The zero-order valence-electron chi connectivity index (χ0n) is 12.3. The van der Waals surface area contributed by atoms with Crippen LogP contribution >= 0.6 is 0 Å². The van der Waals surface area contributed by atoms with Crippen molar-refractivity contribution in [3.8, 4) is 6.07 Å². The summed E-state index contributed by atoms with van der Waals surface area (Å²) in [5.41, 5.74) is 0.735. The number of hydrogen-bond acceptors (Lipinski definition) is 4. The van der Waals surface area contributed by atoms with Gasteiger partial charge in [0, 0.05) is 25.8 Å². The van der Waals surface area contributed by atoms with E-state index in [0.717, 1.165) is 0 Å². The second-order valence-corrected chi connectivity index (χ2v) is 5.19. The Kier molecular flexibility index (Phi) is 3.82. The van der Waals surface area contributed by atoms with Gasteiger partial charge in [0.2, 0.25) is 5.43 Å². The molecule has 1 aromatic heterocycles. The largest absolute Gasteiger partial charge is 0.378 e. The van der Waals surface area contributed by atoms with Crippen LogP contribution in [0.5, 0.6) is 0 Å². The van der Waals surface area contributed by atoms with Crippen molar-refractivity contribution in [3.63, 3.8) is 0 Å². The maximum absolute atomic E-state index is 14.4. The average molecular weight is 301 g/mol. The Hall–Kier alpha value is -2.39. The molecule has 1 aliphatic heterocycles. The van der Waals surface area contributed by atoms with Crippen molar-refractivity contribution in [2.24, 2.45) is 0 Å². The van der Waals surface area contributed by atoms with Gasteiger partial charge in [-0.05, 0) is 19.1 Å². The van der Waals surface area contributed by atoms with Gasteiger partial charge in [-0.1, -0.05) is 0 Å². The van der Waals surface area contributed by atoms with Gasteiger partial charge in [-0.25, -0.2) is 4.39 Å². The molecule has 0 radical (unpaired) electrons. The van der Waals surface area contributed by atoms with Crippen LogP contribution in [0, 0.1) is 17.1 Å². The van der Waals surface area contributed by atoms with Crippen molar-refractivity contribution in [3.05, 3.63) is 39.9 Å². The zero-order chi connectivity index (χ0) is 15.7. The number of morpholine rings is 1. The molecule has 1 aliphatic rings. The van der Waals surface area contributed by atoms with E-state index in [2.05, 4.69) is 0 Å². The molecule has 114 valence electrons. The molecular weight excluding hydrogens is 285 g/mol. The maximum atomic E-state index is 14.4. The second kappa shape index (κ2) is 5.78. The normalized spacial score (nSPS) is 15.0. The van der Waals surface area contributed by atoms with Crippen molar-refractivity contribution in [2.75, 3.05) is 31.2 Å². The standard InChI is InChI=1S/C16H16FN3O2/c1-2-19-10-11(9-18)16(21)12-7-13(17)15(8-14(12)19)20-3-5-22-6-4-20/h7-8,10H,2-6H2,1H3. The van der Waals surface area contributed by atoms with Crippen LogP contribution in [0.1, 0.15) is 12.5 Å². The summed E-state index contributed by atoms with van der Waals surface area (Å²) in [7, 11) is 0. The predicted molar refractivity (Wildman–Crippen MR) is 81.6 cm³/mol. The second-order valence-electron chi connectivity index (χ2n) is 5.19. The van der Waals surface area contributed by atoms with Gasteiger partial charge in [0.05, 0.1) is 29.8 Å². The third kappa shape index (κ3) is 2.34. The summed E-state index contributed by atoms with van der Waals surface area (Å²) in [6, 6.07) is 4.82. The smallest absolute Gasteiger partial charge is 0.207 e. The minimum Gasteiger partial charge on any atom is -0.378 e. The Bertz CT molecular complexity index is 817. The number of hydrogen-bond donors (Lipinski definition) is 0. The van der Waals surface area contributed by atoms with Crippen LogP contribution in [0.25, 0.3) is 10.9 Å². The summed E-state index contributed by atoms with van der Waals surface area (Å²) >= 11 is 0. The summed E-state index contributed by atoms with van der Waals surface area (Å²) in [6.07, 6.45) is 1.53. The van der Waals surface area contributed by atoms with Gasteiger partial charge < -0.3 is 14.2 Å². The lowest BCUT2D eigenvalue weighted by atomic mass is 10.1. The topological polar surface area (TPSA) is 58.3 Å². The number of pyridine rings is 1. The highest BCUT2D eigenvalue weighted by Gasteiger charge is 2.18. The Morgan fingerprint density at radius 2 is 2.09 bits per heavy atom. The van der Waals surface area contributed by atoms with E-state index in [0.29, 0.717) is 44.1 Å². The average Bonchev–Trinajstić information content (AvgIpc) is 2.56.